The molecule has 44 heteroatoms. The molecule has 8 saturated heterocycles. The molecular formula is C91H147O44. The van der Waals surface area contributed by atoms with E-state index in [4.69, 9.17) is 85.3 Å². The highest BCUT2D eigenvalue weighted by atomic mass is 16.8. The van der Waals surface area contributed by atoms with Crippen molar-refractivity contribution in [2.75, 3.05) is 39.6 Å². The summed E-state index contributed by atoms with van der Waals surface area (Å²) in [5.74, 6) is -7.50. The lowest BCUT2D eigenvalue weighted by Gasteiger charge is -2.71. The van der Waals surface area contributed by atoms with Gasteiger partial charge in [-0.15, -0.1) is 0 Å². The molecule has 50 atom stereocenters. The summed E-state index contributed by atoms with van der Waals surface area (Å²) >= 11 is 0. The van der Waals surface area contributed by atoms with E-state index < -0.39 is 366 Å². The Morgan fingerprint density at radius 2 is 1.05 bits per heavy atom. The minimum absolute atomic E-state index is 0.0130. The lowest BCUT2D eigenvalue weighted by Crippen LogP contribution is -2.69. The number of carbonyl (C=O) groups is 4. The molecule has 0 aromatic carbocycles. The number of hydrogen-bond acceptors (Lipinski definition) is 44. The maximum Gasteiger partial charge on any atom is 0.317 e. The van der Waals surface area contributed by atoms with Gasteiger partial charge in [-0.25, -0.2) is 0 Å². The zero-order valence-corrected chi connectivity index (χ0v) is 78.3. The highest BCUT2D eigenvalue weighted by Crippen LogP contribution is 2.76. The first-order chi connectivity index (χ1) is 63.4. The van der Waals surface area contributed by atoms with Gasteiger partial charge in [-0.2, -0.15) is 0 Å². The van der Waals surface area contributed by atoms with Crippen molar-refractivity contribution >= 4 is 24.2 Å². The van der Waals surface area contributed by atoms with E-state index in [0.717, 1.165) is 18.5 Å². The van der Waals surface area contributed by atoms with E-state index in [1.807, 2.05) is 6.92 Å². The van der Waals surface area contributed by atoms with Gasteiger partial charge in [0.1, 0.15) is 165 Å². The molecule has 1 radical (unpaired) electrons. The molecule has 8 aliphatic heterocycles. The maximum absolute atomic E-state index is 16.3. The lowest BCUT2D eigenvalue weighted by atomic mass is 9.33. The van der Waals surface area contributed by atoms with Crippen molar-refractivity contribution in [2.24, 2.45) is 62.1 Å². The maximum atomic E-state index is 16.3. The summed E-state index contributed by atoms with van der Waals surface area (Å²) in [5.41, 5.74) is -5.04. The largest absolute Gasteiger partial charge is 0.462 e. The first kappa shape index (κ1) is 109. The zero-order chi connectivity index (χ0) is 98.9. The first-order valence-electron chi connectivity index (χ1n) is 47.6. The standard InChI is InChI=1S/C91H147O44/c1-13-37(3)49(125-57(102)25-42(96)24-50(38(4)14-2)135-91(117)36-122-52(30-93)76(91)115)23-41(95)26-58(103)128-71-40(6)124-83(74(68(71)113)132-80-67(112)63(108)70(39(5)123-80)129-79-69(114)72(47(99)33-120-79)130-77-64(109)59(104)45(97)31-118-77)134-84(116)90-22-21-85(7,8)27-44(90)43-15-16-54-86(9)19-18-56(87(10,35-94)53(86)17-20-88(54,11)89(43,12)28-55(90)101)127-82-75(133-81-66(111)62(107)61(106)51(29-92)126-81)73(48(100)34-121-82)131-78-65(110)60(105)46(98)32-119-78/h15,34-35,37-42,44-56,59-83,92-93,95-101,104-115,117H,13-14,16-33,36H2,1-12H3/t37-,38-,39?,40?,41-,42-,44?,45-,46-,47-,48-,49-,50-,51?,52+,53+,54?,55?,56-,59?,60-,61-,62-,63?,64?,65?,66?,67?,68?,69?,70-,71-,72?,73-,74?,75?,76?,77-,78-,79-,80-,81-,82-,83-,86?,87+,88-,89+,90+,91?/m0/s1. The molecule has 20 unspecified atom stereocenters. The van der Waals surface area contributed by atoms with Crippen molar-refractivity contribution in [3.63, 3.8) is 0 Å². The molecule has 13 rings (SSSR count). The Morgan fingerprint density at radius 1 is 0.511 bits per heavy atom. The number of carbonyl (C=O) groups excluding carboxylic acids is 4. The molecule has 0 aromatic rings. The summed E-state index contributed by atoms with van der Waals surface area (Å²) in [6, 6.07) is 0. The summed E-state index contributed by atoms with van der Waals surface area (Å²) in [6.07, 6.45) is -61.1. The third-order valence-electron chi connectivity index (χ3n) is 32.7. The number of aldehydes is 1. The van der Waals surface area contributed by atoms with Crippen LogP contribution in [0.1, 0.15) is 179 Å². The molecule has 0 bridgehead atoms. The average Bonchev–Trinajstić information content (AvgIpc) is 0.828. The molecule has 12 fully saturated rings. The number of allylic oxidation sites excluding steroid dienone is 2. The molecule has 5 aliphatic carbocycles. The Bertz CT molecular complexity index is 3950. The molecular weight excluding hydrogens is 1800 g/mol. The van der Waals surface area contributed by atoms with Crippen LogP contribution >= 0.6 is 0 Å². The third kappa shape index (κ3) is 21.3. The second-order valence-corrected chi connectivity index (χ2v) is 41.9. The van der Waals surface area contributed by atoms with Crippen LogP contribution in [0.2, 0.25) is 0 Å². The SMILES string of the molecule is CC[C@H](C)[C@H](C[C@H](O)CC(=O)O[C@H]1C(C)O[C@@H](OC(=O)[C@]23CCC(C)(C)CC2C2=CCC4C5(C)CC[C@H](O[C@@H]6O[CH][C@H](O)[C@H](O[C@@H]7OC[C@H](O)[C@H](O)C7O)C6O[C@@H]6OC(CO)[C@H](O)[C@H](O)C6O)[C@](C)(C=O)[C@@H]5CC[C@]4(C)[C@]2(C)CC3O)C(O[C@@H]2OC(C)[C@H](O[C@@H]3OC[C@H](O)C(O[C@@H]4OC[C@H](O)C(O)C4O)C3O)C(O)C2O)C1O)OC(=O)C[C@@H](O)C[C@H](OC1(O)CO[C@H](CO)C1O)[C@@H](C)CC. The normalized spacial score (nSPS) is 49.1. The highest BCUT2D eigenvalue weighted by Gasteiger charge is 2.74. The van der Waals surface area contributed by atoms with Gasteiger partial charge in [0.05, 0.1) is 94.0 Å². The van der Waals surface area contributed by atoms with Crippen LogP contribution in [0.25, 0.3) is 0 Å². The Morgan fingerprint density at radius 3 is 1.67 bits per heavy atom. The van der Waals surface area contributed by atoms with Gasteiger partial charge in [0.15, 0.2) is 49.9 Å². The molecule has 13 aliphatic rings. The van der Waals surface area contributed by atoms with Gasteiger partial charge in [-0.1, -0.05) is 93.7 Å². The minimum Gasteiger partial charge on any atom is -0.462 e. The van der Waals surface area contributed by atoms with E-state index >= 15 is 4.79 Å². The highest BCUT2D eigenvalue weighted by molar-refractivity contribution is 5.80. The van der Waals surface area contributed by atoms with Crippen molar-refractivity contribution < 1.29 is 217 Å². The summed E-state index contributed by atoms with van der Waals surface area (Å²) < 4.78 is 108. The van der Waals surface area contributed by atoms with Crippen LogP contribution in [0.15, 0.2) is 11.6 Å². The minimum atomic E-state index is -2.23. The number of rotatable bonds is 33. The van der Waals surface area contributed by atoms with Crippen molar-refractivity contribution in [1.82, 2.24) is 0 Å². The molecule has 8 heterocycles. The molecule has 22 N–H and O–H groups in total. The average molecular weight is 1950 g/mol. The first-order valence-corrected chi connectivity index (χ1v) is 47.6. The third-order valence-corrected chi connectivity index (χ3v) is 32.7. The van der Waals surface area contributed by atoms with E-state index in [2.05, 4.69) is 40.7 Å². The van der Waals surface area contributed by atoms with Gasteiger partial charge in [0.25, 0.3) is 0 Å². The number of esters is 3. The number of hydrogen-bond donors (Lipinski definition) is 22. The van der Waals surface area contributed by atoms with Crippen LogP contribution < -0.4 is 0 Å². The van der Waals surface area contributed by atoms with Gasteiger partial charge in [0.2, 0.25) is 12.1 Å². The van der Waals surface area contributed by atoms with Crippen LogP contribution in [-0.4, -0.2) is 421 Å². The van der Waals surface area contributed by atoms with Crippen LogP contribution in [0.5, 0.6) is 0 Å². The van der Waals surface area contributed by atoms with Gasteiger partial charge >= 0.3 is 17.9 Å². The van der Waals surface area contributed by atoms with Gasteiger partial charge in [-0.3, -0.25) is 14.4 Å². The second-order valence-electron chi connectivity index (χ2n) is 41.9. The van der Waals surface area contributed by atoms with Crippen molar-refractivity contribution in [3.05, 3.63) is 18.3 Å². The fraction of sp³-hybridized carbons (Fsp3) is 0.923. The molecule has 0 spiro atoms. The summed E-state index contributed by atoms with van der Waals surface area (Å²) in [6.45, 7) is 19.6. The second kappa shape index (κ2) is 43.3. The van der Waals surface area contributed by atoms with Crippen molar-refractivity contribution in [2.45, 2.75) is 425 Å². The van der Waals surface area contributed by atoms with Crippen LogP contribution in [-0.2, 0) is 104 Å². The van der Waals surface area contributed by atoms with E-state index in [1.54, 1.807) is 27.7 Å². The van der Waals surface area contributed by atoms with Crippen LogP contribution in [0.3, 0.4) is 0 Å². The van der Waals surface area contributed by atoms with E-state index in [-0.39, 0.29) is 43.9 Å². The predicted octanol–water partition coefficient (Wildman–Crippen LogP) is -4.98. The molecule has 4 saturated carbocycles. The van der Waals surface area contributed by atoms with Crippen LogP contribution in [0, 0.1) is 68.7 Å². The molecule has 0 aromatic heterocycles. The molecule has 135 heavy (non-hydrogen) atoms. The fourth-order valence-electron chi connectivity index (χ4n) is 23.8. The molecule has 44 nitrogen and oxygen atoms in total. The van der Waals surface area contributed by atoms with E-state index in [0.29, 0.717) is 51.4 Å². The van der Waals surface area contributed by atoms with E-state index in [1.165, 1.54) is 13.8 Å². The smallest absolute Gasteiger partial charge is 0.317 e. The number of aliphatic hydroxyl groups excluding tert-OH is 21. The molecule has 775 valence electrons. The van der Waals surface area contributed by atoms with Crippen LogP contribution in [0.4, 0.5) is 0 Å². The Kier molecular flexibility index (Phi) is 34.9. The monoisotopic (exact) mass is 1940 g/mol. The predicted molar refractivity (Wildman–Crippen MR) is 451 cm³/mol. The topological polar surface area (TPSA) is 679 Å². The number of fused-ring (bicyclic) bond motifs is 7. The Labute approximate surface area is 782 Å². The Balaban J connectivity index is 0.739. The number of ether oxygens (including phenoxy) is 18. The Hall–Kier alpha value is -3.66. The van der Waals surface area contributed by atoms with Gasteiger partial charge in [0, 0.05) is 12.8 Å². The zero-order valence-electron chi connectivity index (χ0n) is 78.3. The summed E-state index contributed by atoms with van der Waals surface area (Å²) in [4.78, 5) is 58.8. The lowest BCUT2D eigenvalue weighted by molar-refractivity contribution is -0.378. The fourth-order valence-corrected chi connectivity index (χ4v) is 23.8. The van der Waals surface area contributed by atoms with E-state index in [9.17, 15) is 127 Å². The van der Waals surface area contributed by atoms with Gasteiger partial charge in [-0.05, 0) is 123 Å². The summed E-state index contributed by atoms with van der Waals surface area (Å²) in [5, 5.41) is 246. The quantitative estimate of drug-likeness (QED) is 0.00731. The summed E-state index contributed by atoms with van der Waals surface area (Å²) in [7, 11) is 0. The van der Waals surface area contributed by atoms with Crippen molar-refractivity contribution in [1.29, 1.82) is 0 Å². The van der Waals surface area contributed by atoms with Crippen molar-refractivity contribution in [3.8, 4) is 0 Å². The molecule has 0 amide bonds. The van der Waals surface area contributed by atoms with Gasteiger partial charge < -0.3 is 202 Å². The number of aliphatic hydroxyl groups is 22.